The third-order valence-corrected chi connectivity index (χ3v) is 5.32. The molecule has 1 aliphatic heterocycles. The molecule has 2 aromatic carbocycles. The number of thioether (sulfide) groups is 1. The molecule has 0 bridgehead atoms. The van der Waals surface area contributed by atoms with E-state index < -0.39 is 0 Å². The van der Waals surface area contributed by atoms with E-state index >= 15 is 0 Å². The topological polar surface area (TPSA) is 46.6 Å². The lowest BCUT2D eigenvalue weighted by molar-refractivity contribution is -0.123. The molecule has 1 aliphatic rings. The second-order valence-electron chi connectivity index (χ2n) is 5.53. The molecule has 0 atom stereocenters. The van der Waals surface area contributed by atoms with Crippen LogP contribution in [0.2, 0.25) is 0 Å². The highest BCUT2D eigenvalue weighted by molar-refractivity contribution is 14.1. The molecule has 26 heavy (non-hydrogen) atoms. The van der Waals surface area contributed by atoms with Crippen molar-refractivity contribution in [2.75, 3.05) is 6.61 Å². The van der Waals surface area contributed by atoms with Gasteiger partial charge >= 0.3 is 0 Å². The molecule has 3 rings (SSSR count). The Kier molecular flexibility index (Phi) is 6.16. The van der Waals surface area contributed by atoms with Crippen molar-refractivity contribution in [3.63, 3.8) is 0 Å². The summed E-state index contributed by atoms with van der Waals surface area (Å²) in [6, 6.07) is 15.2. The fraction of sp³-hybridized carbons (Fsp3) is 0.100. The molecule has 0 saturated carbocycles. The molecule has 0 N–H and O–H groups in total. The molecule has 0 unspecified atom stereocenters. The Morgan fingerprint density at radius 2 is 1.85 bits per heavy atom. The van der Waals surface area contributed by atoms with E-state index in [0.717, 1.165) is 26.5 Å². The van der Waals surface area contributed by atoms with Crippen LogP contribution in [-0.2, 0) is 11.3 Å². The van der Waals surface area contributed by atoms with Crippen LogP contribution < -0.4 is 4.74 Å². The number of nitrogens with zero attached hydrogens (tertiary/aromatic N) is 1. The van der Waals surface area contributed by atoms with E-state index in [4.69, 9.17) is 4.74 Å². The smallest absolute Gasteiger partial charge is 0.293 e. The highest BCUT2D eigenvalue weighted by atomic mass is 127. The van der Waals surface area contributed by atoms with Crippen molar-refractivity contribution in [1.29, 1.82) is 0 Å². The first kappa shape index (κ1) is 18.7. The monoisotopic (exact) mass is 477 g/mol. The first-order valence-corrected chi connectivity index (χ1v) is 9.80. The van der Waals surface area contributed by atoms with Crippen molar-refractivity contribution in [3.8, 4) is 5.75 Å². The van der Waals surface area contributed by atoms with Gasteiger partial charge in [-0.25, -0.2) is 0 Å². The van der Waals surface area contributed by atoms with Crippen molar-refractivity contribution < 1.29 is 14.3 Å². The Labute approximate surface area is 170 Å². The van der Waals surface area contributed by atoms with E-state index in [9.17, 15) is 9.59 Å². The number of carbonyl (C=O) groups excluding carboxylic acids is 2. The van der Waals surface area contributed by atoms with Crippen molar-refractivity contribution in [1.82, 2.24) is 4.90 Å². The predicted octanol–water partition coefficient (Wildman–Crippen LogP) is 5.09. The highest BCUT2D eigenvalue weighted by Gasteiger charge is 2.35. The van der Waals surface area contributed by atoms with E-state index in [2.05, 4.69) is 29.2 Å². The lowest BCUT2D eigenvalue weighted by Crippen LogP contribution is -2.27. The van der Waals surface area contributed by atoms with E-state index in [1.54, 1.807) is 12.2 Å². The van der Waals surface area contributed by atoms with Gasteiger partial charge in [0, 0.05) is 9.13 Å². The summed E-state index contributed by atoms with van der Waals surface area (Å²) in [7, 11) is 0. The molecule has 6 heteroatoms. The molecular weight excluding hydrogens is 461 g/mol. The largest absolute Gasteiger partial charge is 0.489 e. The predicted molar refractivity (Wildman–Crippen MR) is 113 cm³/mol. The fourth-order valence-corrected chi connectivity index (χ4v) is 3.62. The molecule has 0 aliphatic carbocycles. The number of imide groups is 1. The van der Waals surface area contributed by atoms with E-state index in [0.29, 0.717) is 17.3 Å². The zero-order valence-electron chi connectivity index (χ0n) is 13.9. The van der Waals surface area contributed by atoms with Gasteiger partial charge in [-0.05, 0) is 64.2 Å². The van der Waals surface area contributed by atoms with Crippen molar-refractivity contribution in [3.05, 3.63) is 80.8 Å². The maximum absolute atomic E-state index is 12.7. The average molecular weight is 477 g/mol. The van der Waals surface area contributed by atoms with Crippen molar-refractivity contribution in [2.24, 2.45) is 0 Å². The van der Waals surface area contributed by atoms with E-state index in [1.165, 1.54) is 4.90 Å². The first-order valence-electron chi connectivity index (χ1n) is 7.91. The highest BCUT2D eigenvalue weighted by Crippen LogP contribution is 2.34. The summed E-state index contributed by atoms with van der Waals surface area (Å²) in [5, 5.41) is -0.260. The minimum absolute atomic E-state index is 0.260. The third-order valence-electron chi connectivity index (χ3n) is 3.69. The van der Waals surface area contributed by atoms with Gasteiger partial charge in [-0.15, -0.1) is 0 Å². The number of ether oxygens (including phenoxy) is 1. The Morgan fingerprint density at radius 1 is 1.12 bits per heavy atom. The molecule has 0 aromatic heterocycles. The summed E-state index contributed by atoms with van der Waals surface area (Å²) in [4.78, 5) is 26.6. The lowest BCUT2D eigenvalue weighted by atomic mass is 10.1. The van der Waals surface area contributed by atoms with Gasteiger partial charge in [0.15, 0.2) is 0 Å². The minimum Gasteiger partial charge on any atom is -0.489 e. The van der Waals surface area contributed by atoms with Gasteiger partial charge in [-0.1, -0.05) is 43.0 Å². The van der Waals surface area contributed by atoms with Gasteiger partial charge in [0.1, 0.15) is 12.4 Å². The van der Waals surface area contributed by atoms with E-state index in [1.807, 2.05) is 48.5 Å². The lowest BCUT2D eigenvalue weighted by Gasteiger charge is -2.12. The zero-order chi connectivity index (χ0) is 18.5. The number of benzene rings is 2. The van der Waals surface area contributed by atoms with Crippen LogP contribution in [-0.4, -0.2) is 22.7 Å². The summed E-state index contributed by atoms with van der Waals surface area (Å²) >= 11 is 3.17. The Morgan fingerprint density at radius 3 is 2.58 bits per heavy atom. The zero-order valence-corrected chi connectivity index (χ0v) is 16.8. The quantitative estimate of drug-likeness (QED) is 0.330. The van der Waals surface area contributed by atoms with Crippen LogP contribution in [0.15, 0.2) is 66.1 Å². The van der Waals surface area contributed by atoms with Gasteiger partial charge in [0.2, 0.25) is 0 Å². The van der Waals surface area contributed by atoms with Crippen LogP contribution >= 0.6 is 34.4 Å². The maximum atomic E-state index is 12.7. The fourth-order valence-electron chi connectivity index (χ4n) is 2.43. The number of halogens is 1. The summed E-state index contributed by atoms with van der Waals surface area (Å²) < 4.78 is 6.72. The Bertz CT molecular complexity index is 877. The standard InChI is InChI=1S/C20H16INO3S/c1-2-11-25-17-6-4-3-5-15(17)12-18-19(23)22(20(24)26-18)13-14-7-9-16(21)10-8-14/h2-10,12H,1,11,13H2/b18-12-. The number of hydrogen-bond acceptors (Lipinski definition) is 4. The number of rotatable bonds is 6. The molecule has 1 saturated heterocycles. The SMILES string of the molecule is C=CCOc1ccccc1/C=C1\SC(=O)N(Cc2ccc(I)cc2)C1=O. The van der Waals surface area contributed by atoms with Crippen molar-refractivity contribution >= 4 is 51.6 Å². The van der Waals surface area contributed by atoms with Gasteiger partial charge in [0.25, 0.3) is 11.1 Å². The summed E-state index contributed by atoms with van der Waals surface area (Å²) in [6.45, 7) is 4.28. The molecule has 4 nitrogen and oxygen atoms in total. The first-order chi connectivity index (χ1) is 12.6. The Hall–Kier alpha value is -2.06. The van der Waals surface area contributed by atoms with Gasteiger partial charge in [-0.2, -0.15) is 0 Å². The summed E-state index contributed by atoms with van der Waals surface area (Å²) in [5.74, 6) is 0.369. The molecule has 0 radical (unpaired) electrons. The molecular formula is C20H16INO3S. The summed E-state index contributed by atoms with van der Waals surface area (Å²) in [5.41, 5.74) is 1.68. The molecule has 2 aromatic rings. The van der Waals surface area contributed by atoms with Gasteiger partial charge in [0.05, 0.1) is 11.4 Å². The number of hydrogen-bond donors (Lipinski definition) is 0. The maximum Gasteiger partial charge on any atom is 0.293 e. The molecule has 1 heterocycles. The van der Waals surface area contributed by atoms with Crippen LogP contribution in [0.25, 0.3) is 6.08 Å². The molecule has 1 fully saturated rings. The van der Waals surface area contributed by atoms with Gasteiger partial charge < -0.3 is 4.74 Å². The molecule has 2 amide bonds. The van der Waals surface area contributed by atoms with Crippen LogP contribution in [0, 0.1) is 3.57 Å². The number of para-hydroxylation sites is 1. The number of amides is 2. The van der Waals surface area contributed by atoms with Crippen LogP contribution in [0.5, 0.6) is 5.75 Å². The van der Waals surface area contributed by atoms with Crippen LogP contribution in [0.1, 0.15) is 11.1 Å². The second kappa shape index (κ2) is 8.55. The molecule has 0 spiro atoms. The normalized spacial score (nSPS) is 15.6. The van der Waals surface area contributed by atoms with Crippen LogP contribution in [0.3, 0.4) is 0 Å². The van der Waals surface area contributed by atoms with Crippen molar-refractivity contribution in [2.45, 2.75) is 6.54 Å². The second-order valence-corrected chi connectivity index (χ2v) is 7.77. The number of carbonyl (C=O) groups is 2. The van der Waals surface area contributed by atoms with E-state index in [-0.39, 0.29) is 17.7 Å². The Balaban J connectivity index is 1.81. The van der Waals surface area contributed by atoms with Gasteiger partial charge in [-0.3, -0.25) is 14.5 Å². The third kappa shape index (κ3) is 4.37. The summed E-state index contributed by atoms with van der Waals surface area (Å²) in [6.07, 6.45) is 3.36. The molecule has 132 valence electrons. The van der Waals surface area contributed by atoms with Crippen LogP contribution in [0.4, 0.5) is 4.79 Å². The average Bonchev–Trinajstić information content (AvgIpc) is 2.90. The minimum atomic E-state index is -0.280.